The van der Waals surface area contributed by atoms with Crippen molar-refractivity contribution in [3.8, 4) is 0 Å². The van der Waals surface area contributed by atoms with Gasteiger partial charge in [0.05, 0.1) is 25.6 Å². The van der Waals surface area contributed by atoms with Crippen molar-refractivity contribution in [3.05, 3.63) is 42.5 Å². The number of rotatable bonds is 6. The van der Waals surface area contributed by atoms with E-state index in [0.29, 0.717) is 12.2 Å². The second kappa shape index (κ2) is 9.62. The van der Waals surface area contributed by atoms with Gasteiger partial charge in [0, 0.05) is 58.6 Å². The summed E-state index contributed by atoms with van der Waals surface area (Å²) in [6.45, 7) is 8.21. The van der Waals surface area contributed by atoms with Gasteiger partial charge < -0.3 is 19.9 Å². The van der Waals surface area contributed by atoms with Crippen LogP contribution < -0.4 is 15.1 Å². The predicted octanol–water partition coefficient (Wildman–Crippen LogP) is 0.260. The summed E-state index contributed by atoms with van der Waals surface area (Å²) >= 11 is 0. The Hall–Kier alpha value is -2.78. The number of anilines is 2. The smallest absolute Gasteiger partial charge is 0.271 e. The van der Waals surface area contributed by atoms with Gasteiger partial charge in [-0.1, -0.05) is 6.07 Å². The van der Waals surface area contributed by atoms with Gasteiger partial charge in [-0.05, 0) is 12.1 Å². The number of hydrogen-bond acceptors (Lipinski definition) is 8. The zero-order chi connectivity index (χ0) is 19.9. The zero-order valence-corrected chi connectivity index (χ0v) is 16.5. The normalized spacial score (nSPS) is 17.9. The van der Waals surface area contributed by atoms with Crippen LogP contribution in [0.5, 0.6) is 0 Å². The van der Waals surface area contributed by atoms with Crippen molar-refractivity contribution >= 4 is 17.5 Å². The maximum Gasteiger partial charge on any atom is 0.271 e. The van der Waals surface area contributed by atoms with E-state index in [1.54, 1.807) is 12.4 Å². The SMILES string of the molecule is O=C(NCCN1CCOCC1)c1cnc(N2CCN(c3ccccn3)CC2)cn1. The fourth-order valence-corrected chi connectivity index (χ4v) is 3.55. The highest BCUT2D eigenvalue weighted by Gasteiger charge is 2.19. The van der Waals surface area contributed by atoms with Crippen molar-refractivity contribution in [3.63, 3.8) is 0 Å². The summed E-state index contributed by atoms with van der Waals surface area (Å²) < 4.78 is 5.33. The number of carbonyl (C=O) groups is 1. The lowest BCUT2D eigenvalue weighted by atomic mass is 10.3. The van der Waals surface area contributed by atoms with Crippen molar-refractivity contribution in [2.24, 2.45) is 0 Å². The molecule has 0 radical (unpaired) electrons. The first-order valence-corrected chi connectivity index (χ1v) is 10.1. The van der Waals surface area contributed by atoms with Gasteiger partial charge >= 0.3 is 0 Å². The van der Waals surface area contributed by atoms with Crippen LogP contribution in [-0.2, 0) is 4.74 Å². The predicted molar refractivity (Wildman–Crippen MR) is 110 cm³/mol. The van der Waals surface area contributed by atoms with Crippen LogP contribution in [0.25, 0.3) is 0 Å². The third-order valence-corrected chi connectivity index (χ3v) is 5.27. The molecule has 0 spiro atoms. The third-order valence-electron chi connectivity index (χ3n) is 5.27. The van der Waals surface area contributed by atoms with Crippen LogP contribution in [0.1, 0.15) is 10.5 Å². The minimum Gasteiger partial charge on any atom is -0.379 e. The molecular formula is C20H27N7O2. The minimum absolute atomic E-state index is 0.183. The van der Waals surface area contributed by atoms with Crippen molar-refractivity contribution in [2.45, 2.75) is 0 Å². The molecule has 2 fully saturated rings. The number of amides is 1. The summed E-state index contributed by atoms with van der Waals surface area (Å²) in [6.07, 6.45) is 5.07. The summed E-state index contributed by atoms with van der Waals surface area (Å²) in [6, 6.07) is 5.96. The van der Waals surface area contributed by atoms with E-state index in [1.807, 2.05) is 24.4 Å². The molecule has 2 saturated heterocycles. The second-order valence-electron chi connectivity index (χ2n) is 7.13. The largest absolute Gasteiger partial charge is 0.379 e. The van der Waals surface area contributed by atoms with Crippen molar-refractivity contribution in [1.29, 1.82) is 0 Å². The fourth-order valence-electron chi connectivity index (χ4n) is 3.55. The van der Waals surface area contributed by atoms with Gasteiger partial charge in [0.25, 0.3) is 5.91 Å². The van der Waals surface area contributed by atoms with Gasteiger partial charge in [0.2, 0.25) is 0 Å². The lowest BCUT2D eigenvalue weighted by molar-refractivity contribution is 0.0383. The molecule has 0 atom stereocenters. The Kier molecular flexibility index (Phi) is 6.48. The van der Waals surface area contributed by atoms with Crippen molar-refractivity contribution < 1.29 is 9.53 Å². The molecule has 0 aliphatic carbocycles. The molecule has 1 N–H and O–H groups in total. The van der Waals surface area contributed by atoms with E-state index in [4.69, 9.17) is 4.74 Å². The summed E-state index contributed by atoms with van der Waals surface area (Å²) in [5, 5.41) is 2.92. The monoisotopic (exact) mass is 397 g/mol. The maximum absolute atomic E-state index is 12.3. The van der Waals surface area contributed by atoms with Crippen LogP contribution in [0.4, 0.5) is 11.6 Å². The molecule has 9 heteroatoms. The fraction of sp³-hybridized carbons (Fsp3) is 0.500. The highest BCUT2D eigenvalue weighted by atomic mass is 16.5. The molecule has 9 nitrogen and oxygen atoms in total. The number of pyridine rings is 1. The zero-order valence-electron chi connectivity index (χ0n) is 16.5. The maximum atomic E-state index is 12.3. The third kappa shape index (κ3) is 5.18. The van der Waals surface area contributed by atoms with Gasteiger partial charge in [-0.2, -0.15) is 0 Å². The molecule has 4 heterocycles. The molecule has 29 heavy (non-hydrogen) atoms. The number of carbonyl (C=O) groups excluding carboxylic acids is 1. The highest BCUT2D eigenvalue weighted by Crippen LogP contribution is 2.16. The summed E-state index contributed by atoms with van der Waals surface area (Å²) in [5.74, 6) is 1.62. The Bertz CT molecular complexity index is 773. The molecule has 0 unspecified atom stereocenters. The number of piperazine rings is 1. The Morgan fingerprint density at radius 3 is 2.34 bits per heavy atom. The molecule has 0 saturated carbocycles. The van der Waals surface area contributed by atoms with Crippen LogP contribution >= 0.6 is 0 Å². The van der Waals surface area contributed by atoms with E-state index in [1.165, 1.54) is 0 Å². The Morgan fingerprint density at radius 1 is 0.931 bits per heavy atom. The number of nitrogens with one attached hydrogen (secondary N) is 1. The van der Waals surface area contributed by atoms with Crippen LogP contribution in [0.3, 0.4) is 0 Å². The molecule has 4 rings (SSSR count). The van der Waals surface area contributed by atoms with Gasteiger partial charge in [-0.15, -0.1) is 0 Å². The van der Waals surface area contributed by atoms with Crippen molar-refractivity contribution in [2.75, 3.05) is 75.4 Å². The van der Waals surface area contributed by atoms with Gasteiger partial charge in [0.15, 0.2) is 0 Å². The van der Waals surface area contributed by atoms with E-state index in [2.05, 4.69) is 35.0 Å². The Balaban J connectivity index is 1.24. The molecule has 0 bridgehead atoms. The quantitative estimate of drug-likeness (QED) is 0.743. The lowest BCUT2D eigenvalue weighted by Gasteiger charge is -2.35. The first-order valence-electron chi connectivity index (χ1n) is 10.1. The molecule has 2 aliphatic rings. The lowest BCUT2D eigenvalue weighted by Crippen LogP contribution is -2.47. The standard InChI is InChI=1S/C20H27N7O2/c28-20(22-5-6-25-11-13-29-14-12-25)17-15-24-19(16-23-17)27-9-7-26(8-10-27)18-3-1-2-4-21-18/h1-4,15-16H,5-14H2,(H,22,28). The van der Waals surface area contributed by atoms with Crippen LogP contribution in [0.2, 0.25) is 0 Å². The first kappa shape index (κ1) is 19.5. The number of morpholine rings is 1. The number of aromatic nitrogens is 3. The van der Waals surface area contributed by atoms with Crippen LogP contribution in [0.15, 0.2) is 36.8 Å². The molecule has 1 amide bonds. The molecule has 2 aromatic heterocycles. The molecule has 2 aromatic rings. The Labute approximate surface area is 170 Å². The van der Waals surface area contributed by atoms with Crippen LogP contribution in [0, 0.1) is 0 Å². The van der Waals surface area contributed by atoms with Gasteiger partial charge in [-0.25, -0.2) is 15.0 Å². The van der Waals surface area contributed by atoms with Crippen LogP contribution in [-0.4, -0.2) is 91.3 Å². The van der Waals surface area contributed by atoms with E-state index in [-0.39, 0.29) is 5.91 Å². The van der Waals surface area contributed by atoms with E-state index in [0.717, 1.165) is 70.7 Å². The summed E-state index contributed by atoms with van der Waals surface area (Å²) in [7, 11) is 0. The second-order valence-corrected chi connectivity index (χ2v) is 7.13. The first-order chi connectivity index (χ1) is 14.3. The molecule has 2 aliphatic heterocycles. The number of nitrogens with zero attached hydrogens (tertiary/aromatic N) is 6. The summed E-state index contributed by atoms with van der Waals surface area (Å²) in [5.41, 5.74) is 0.350. The molecule has 0 aromatic carbocycles. The van der Waals surface area contributed by atoms with E-state index >= 15 is 0 Å². The van der Waals surface area contributed by atoms with E-state index < -0.39 is 0 Å². The summed E-state index contributed by atoms with van der Waals surface area (Å²) in [4.78, 5) is 32.2. The minimum atomic E-state index is -0.183. The average Bonchev–Trinajstić information content (AvgIpc) is 2.80. The molecular weight excluding hydrogens is 370 g/mol. The number of ether oxygens (including phenoxy) is 1. The van der Waals surface area contributed by atoms with Gasteiger partial charge in [-0.3, -0.25) is 9.69 Å². The van der Waals surface area contributed by atoms with E-state index in [9.17, 15) is 4.79 Å². The average molecular weight is 397 g/mol. The topological polar surface area (TPSA) is 86.7 Å². The van der Waals surface area contributed by atoms with Gasteiger partial charge in [0.1, 0.15) is 17.3 Å². The number of hydrogen-bond donors (Lipinski definition) is 1. The highest BCUT2D eigenvalue weighted by molar-refractivity contribution is 5.92. The molecule has 154 valence electrons. The Morgan fingerprint density at radius 2 is 1.69 bits per heavy atom. The van der Waals surface area contributed by atoms with Crippen molar-refractivity contribution in [1.82, 2.24) is 25.2 Å².